The zero-order chi connectivity index (χ0) is 13.9. The average molecular weight is 261 g/mol. The van der Waals surface area contributed by atoms with Crippen LogP contribution in [0, 0.1) is 6.92 Å². The molecule has 0 radical (unpaired) electrons. The van der Waals surface area contributed by atoms with Gasteiger partial charge in [-0.05, 0) is 44.4 Å². The van der Waals surface area contributed by atoms with E-state index in [9.17, 15) is 4.79 Å². The zero-order valence-electron chi connectivity index (χ0n) is 12.1. The van der Waals surface area contributed by atoms with Crippen molar-refractivity contribution in [3.05, 3.63) is 34.9 Å². The zero-order valence-corrected chi connectivity index (χ0v) is 12.1. The predicted molar refractivity (Wildman–Crippen MR) is 76.1 cm³/mol. The molecule has 0 aliphatic heterocycles. The highest BCUT2D eigenvalue weighted by molar-refractivity contribution is 5.72. The Morgan fingerprint density at radius 2 is 2.21 bits per heavy atom. The fraction of sp³-hybridized carbons (Fsp3) is 0.562. The highest BCUT2D eigenvalue weighted by atomic mass is 16.5. The van der Waals surface area contributed by atoms with Gasteiger partial charge in [-0.25, -0.2) is 0 Å². The number of carbonyl (C=O) groups excluding carboxylic acids is 1. The van der Waals surface area contributed by atoms with E-state index in [1.165, 1.54) is 16.7 Å². The lowest BCUT2D eigenvalue weighted by molar-refractivity contribution is -0.145. The second-order valence-electron chi connectivity index (χ2n) is 5.25. The van der Waals surface area contributed by atoms with Crippen LogP contribution in [-0.2, 0) is 21.5 Å². The molecule has 1 atom stereocenters. The van der Waals surface area contributed by atoms with Crippen LogP contribution in [0.3, 0.4) is 0 Å². The van der Waals surface area contributed by atoms with Gasteiger partial charge in [0.1, 0.15) is 0 Å². The van der Waals surface area contributed by atoms with Crippen molar-refractivity contribution in [2.24, 2.45) is 0 Å². The van der Waals surface area contributed by atoms with Crippen LogP contribution in [0.1, 0.15) is 43.4 Å². The molecule has 0 fully saturated rings. The van der Waals surface area contributed by atoms with Gasteiger partial charge in [0.2, 0.25) is 0 Å². The molecule has 1 aliphatic carbocycles. The summed E-state index contributed by atoms with van der Waals surface area (Å²) in [6.07, 6.45) is 2.42. The standard InChI is InChI=1S/C16H23NO2/c1-4-17-16(11-15(18)19-5-2)9-8-13-7-6-12(3)10-14(13)16/h6-7,10,17H,4-5,8-9,11H2,1-3H3. The lowest BCUT2D eigenvalue weighted by Crippen LogP contribution is -2.42. The summed E-state index contributed by atoms with van der Waals surface area (Å²) in [5.74, 6) is -0.113. The minimum absolute atomic E-state index is 0.113. The Labute approximate surface area is 115 Å². The Balaban J connectivity index is 2.32. The molecule has 0 saturated carbocycles. The Kier molecular flexibility index (Phi) is 4.25. The third kappa shape index (κ3) is 2.81. The monoisotopic (exact) mass is 261 g/mol. The van der Waals surface area contributed by atoms with Crippen LogP contribution in [0.2, 0.25) is 0 Å². The summed E-state index contributed by atoms with van der Waals surface area (Å²) in [6.45, 7) is 7.33. The van der Waals surface area contributed by atoms with E-state index in [1.807, 2.05) is 6.92 Å². The highest BCUT2D eigenvalue weighted by Gasteiger charge is 2.40. The molecule has 1 aromatic carbocycles. The second kappa shape index (κ2) is 5.74. The van der Waals surface area contributed by atoms with Crippen molar-refractivity contribution in [1.29, 1.82) is 0 Å². The lowest BCUT2D eigenvalue weighted by Gasteiger charge is -2.31. The summed E-state index contributed by atoms with van der Waals surface area (Å²) >= 11 is 0. The van der Waals surface area contributed by atoms with Crippen molar-refractivity contribution in [1.82, 2.24) is 5.32 Å². The van der Waals surface area contributed by atoms with Gasteiger partial charge in [0.15, 0.2) is 0 Å². The van der Waals surface area contributed by atoms with E-state index in [-0.39, 0.29) is 11.5 Å². The second-order valence-corrected chi connectivity index (χ2v) is 5.25. The maximum Gasteiger partial charge on any atom is 0.308 e. The third-order valence-electron chi connectivity index (χ3n) is 3.87. The van der Waals surface area contributed by atoms with Gasteiger partial charge in [-0.15, -0.1) is 0 Å². The van der Waals surface area contributed by atoms with E-state index in [2.05, 4.69) is 37.4 Å². The lowest BCUT2D eigenvalue weighted by atomic mass is 9.87. The Morgan fingerprint density at radius 1 is 1.42 bits per heavy atom. The van der Waals surface area contributed by atoms with Gasteiger partial charge in [0.05, 0.1) is 18.6 Å². The van der Waals surface area contributed by atoms with Crippen LogP contribution < -0.4 is 5.32 Å². The van der Waals surface area contributed by atoms with E-state index in [0.29, 0.717) is 13.0 Å². The van der Waals surface area contributed by atoms with E-state index in [4.69, 9.17) is 4.74 Å². The minimum atomic E-state index is -0.234. The highest BCUT2D eigenvalue weighted by Crippen LogP contribution is 2.40. The molecule has 3 nitrogen and oxygen atoms in total. The summed E-state index contributed by atoms with van der Waals surface area (Å²) in [4.78, 5) is 11.9. The van der Waals surface area contributed by atoms with Crippen molar-refractivity contribution >= 4 is 5.97 Å². The molecule has 0 bridgehead atoms. The molecule has 1 N–H and O–H groups in total. The van der Waals surface area contributed by atoms with Crippen molar-refractivity contribution in [3.63, 3.8) is 0 Å². The van der Waals surface area contributed by atoms with E-state index < -0.39 is 0 Å². The van der Waals surface area contributed by atoms with Gasteiger partial charge in [0, 0.05) is 0 Å². The molecule has 2 rings (SSSR count). The maximum atomic E-state index is 11.9. The fourth-order valence-corrected chi connectivity index (χ4v) is 3.06. The van der Waals surface area contributed by atoms with E-state index in [0.717, 1.165) is 19.4 Å². The number of esters is 1. The normalized spacial score (nSPS) is 21.2. The average Bonchev–Trinajstić information content (AvgIpc) is 2.69. The molecule has 1 unspecified atom stereocenters. The number of aryl methyl sites for hydroxylation is 2. The largest absolute Gasteiger partial charge is 0.466 e. The fourth-order valence-electron chi connectivity index (χ4n) is 3.06. The van der Waals surface area contributed by atoms with Crippen LogP contribution >= 0.6 is 0 Å². The van der Waals surface area contributed by atoms with Crippen LogP contribution in [0.5, 0.6) is 0 Å². The molecule has 1 aliphatic rings. The number of benzene rings is 1. The van der Waals surface area contributed by atoms with Gasteiger partial charge in [-0.1, -0.05) is 30.7 Å². The van der Waals surface area contributed by atoms with Gasteiger partial charge in [0.25, 0.3) is 0 Å². The first-order valence-electron chi connectivity index (χ1n) is 7.12. The van der Waals surface area contributed by atoms with Crippen LogP contribution in [0.4, 0.5) is 0 Å². The maximum absolute atomic E-state index is 11.9. The Bertz CT molecular complexity index is 466. The number of fused-ring (bicyclic) bond motifs is 1. The number of carbonyl (C=O) groups is 1. The molecule has 0 spiro atoms. The number of hydrogen-bond acceptors (Lipinski definition) is 3. The predicted octanol–water partition coefficient (Wildman–Crippen LogP) is 2.70. The Hall–Kier alpha value is -1.35. The molecule has 1 aromatic rings. The van der Waals surface area contributed by atoms with Crippen molar-refractivity contribution in [3.8, 4) is 0 Å². The van der Waals surface area contributed by atoms with Crippen molar-refractivity contribution in [2.75, 3.05) is 13.2 Å². The van der Waals surface area contributed by atoms with Crippen molar-refractivity contribution in [2.45, 2.75) is 45.6 Å². The van der Waals surface area contributed by atoms with E-state index >= 15 is 0 Å². The molecule has 0 aromatic heterocycles. The number of ether oxygens (including phenoxy) is 1. The number of rotatable bonds is 5. The molecule has 19 heavy (non-hydrogen) atoms. The smallest absolute Gasteiger partial charge is 0.308 e. The quantitative estimate of drug-likeness (QED) is 0.828. The molecule has 0 amide bonds. The summed E-state index contributed by atoms with van der Waals surface area (Å²) in [5, 5.41) is 3.53. The summed E-state index contributed by atoms with van der Waals surface area (Å²) in [6, 6.07) is 6.55. The molecule has 0 saturated heterocycles. The summed E-state index contributed by atoms with van der Waals surface area (Å²) in [7, 11) is 0. The summed E-state index contributed by atoms with van der Waals surface area (Å²) in [5.41, 5.74) is 3.65. The first kappa shape index (κ1) is 14.1. The Morgan fingerprint density at radius 3 is 2.89 bits per heavy atom. The van der Waals surface area contributed by atoms with Gasteiger partial charge >= 0.3 is 5.97 Å². The van der Waals surface area contributed by atoms with E-state index in [1.54, 1.807) is 0 Å². The van der Waals surface area contributed by atoms with Crippen molar-refractivity contribution < 1.29 is 9.53 Å². The first-order valence-corrected chi connectivity index (χ1v) is 7.12. The SMILES string of the molecule is CCNC1(CC(=O)OCC)CCc2ccc(C)cc21. The van der Waals surface area contributed by atoms with Crippen LogP contribution in [0.25, 0.3) is 0 Å². The summed E-state index contributed by atoms with van der Waals surface area (Å²) < 4.78 is 5.14. The first-order chi connectivity index (χ1) is 9.11. The number of hydrogen-bond donors (Lipinski definition) is 1. The molecular formula is C16H23NO2. The van der Waals surface area contributed by atoms with Gasteiger partial charge in [-0.3, -0.25) is 4.79 Å². The van der Waals surface area contributed by atoms with Gasteiger partial charge in [-0.2, -0.15) is 0 Å². The minimum Gasteiger partial charge on any atom is -0.466 e. The third-order valence-corrected chi connectivity index (χ3v) is 3.87. The van der Waals surface area contributed by atoms with Crippen LogP contribution in [0.15, 0.2) is 18.2 Å². The van der Waals surface area contributed by atoms with Crippen LogP contribution in [-0.4, -0.2) is 19.1 Å². The topological polar surface area (TPSA) is 38.3 Å². The van der Waals surface area contributed by atoms with Gasteiger partial charge < -0.3 is 10.1 Å². The molecule has 104 valence electrons. The molecule has 3 heteroatoms. The number of nitrogens with one attached hydrogen (secondary N) is 1. The molecular weight excluding hydrogens is 238 g/mol. The molecule has 0 heterocycles.